The van der Waals surface area contributed by atoms with Gasteiger partial charge in [-0.15, -0.1) is 11.8 Å². The van der Waals surface area contributed by atoms with Crippen molar-refractivity contribution in [1.29, 1.82) is 0 Å². The number of anilines is 1. The van der Waals surface area contributed by atoms with Crippen LogP contribution in [0.4, 0.5) is 10.5 Å². The molecule has 0 aliphatic rings. The first-order valence-corrected chi connectivity index (χ1v) is 6.34. The maximum absolute atomic E-state index is 10.9. The van der Waals surface area contributed by atoms with Gasteiger partial charge in [0.1, 0.15) is 0 Å². The van der Waals surface area contributed by atoms with Crippen molar-refractivity contribution < 1.29 is 9.90 Å². The van der Waals surface area contributed by atoms with E-state index in [1.807, 2.05) is 24.5 Å². The molecule has 0 unspecified atom stereocenters. The largest absolute Gasteiger partial charge is 0.465 e. The number of benzene rings is 1. The monoisotopic (exact) mass is 239 g/mol. The van der Waals surface area contributed by atoms with Crippen LogP contribution >= 0.6 is 11.8 Å². The van der Waals surface area contributed by atoms with Gasteiger partial charge in [-0.1, -0.05) is 13.8 Å². The first kappa shape index (κ1) is 12.9. The number of carboxylic acid groups (broad SMARTS) is 1. The molecule has 1 aromatic carbocycles. The Morgan fingerprint density at radius 3 is 2.50 bits per heavy atom. The van der Waals surface area contributed by atoms with Gasteiger partial charge in [0, 0.05) is 17.6 Å². The van der Waals surface area contributed by atoms with E-state index in [0.717, 1.165) is 0 Å². The Kier molecular flexibility index (Phi) is 4.24. The van der Waals surface area contributed by atoms with Crippen LogP contribution in [-0.2, 0) is 0 Å². The minimum Gasteiger partial charge on any atom is -0.465 e. The summed E-state index contributed by atoms with van der Waals surface area (Å²) in [5, 5.41) is 8.91. The highest BCUT2D eigenvalue weighted by atomic mass is 32.2. The molecule has 0 bridgehead atoms. The van der Waals surface area contributed by atoms with Crippen LogP contribution in [0.5, 0.6) is 0 Å². The molecule has 0 heterocycles. The van der Waals surface area contributed by atoms with Crippen molar-refractivity contribution in [2.75, 3.05) is 18.2 Å². The van der Waals surface area contributed by atoms with Gasteiger partial charge in [-0.05, 0) is 35.9 Å². The van der Waals surface area contributed by atoms with E-state index in [-0.39, 0.29) is 0 Å². The molecule has 0 atom stereocenters. The third-order valence-electron chi connectivity index (χ3n) is 2.51. The summed E-state index contributed by atoms with van der Waals surface area (Å²) in [6, 6.07) is 5.77. The highest BCUT2D eigenvalue weighted by Crippen LogP contribution is 2.30. The summed E-state index contributed by atoms with van der Waals surface area (Å²) in [5.41, 5.74) is 1.91. The molecule has 0 fully saturated rings. The van der Waals surface area contributed by atoms with E-state index in [2.05, 4.69) is 13.8 Å². The molecular formula is C12H17NO2S. The van der Waals surface area contributed by atoms with Gasteiger partial charge in [0.2, 0.25) is 0 Å². The van der Waals surface area contributed by atoms with Gasteiger partial charge in [-0.2, -0.15) is 0 Å². The lowest BCUT2D eigenvalue weighted by Gasteiger charge is -2.17. The Morgan fingerprint density at radius 2 is 2.06 bits per heavy atom. The second kappa shape index (κ2) is 5.25. The fourth-order valence-electron chi connectivity index (χ4n) is 1.49. The summed E-state index contributed by atoms with van der Waals surface area (Å²) in [5.74, 6) is 0.393. The van der Waals surface area contributed by atoms with E-state index < -0.39 is 6.09 Å². The molecule has 1 amide bonds. The number of rotatable bonds is 3. The third-order valence-corrected chi connectivity index (χ3v) is 3.32. The predicted octanol–water partition coefficient (Wildman–Crippen LogP) is 3.65. The van der Waals surface area contributed by atoms with Crippen molar-refractivity contribution in [1.82, 2.24) is 0 Å². The summed E-state index contributed by atoms with van der Waals surface area (Å²) in [7, 11) is 1.56. The number of hydrogen-bond donors (Lipinski definition) is 1. The maximum Gasteiger partial charge on any atom is 0.411 e. The first-order chi connectivity index (χ1) is 7.47. The molecule has 0 spiro atoms. The molecule has 4 heteroatoms. The fourth-order valence-corrected chi connectivity index (χ4v) is 2.23. The SMILES string of the molecule is CSc1ccc(N(C)C(=O)O)cc1C(C)C. The zero-order chi connectivity index (χ0) is 12.3. The molecule has 0 saturated carbocycles. The lowest BCUT2D eigenvalue weighted by molar-refractivity contribution is 0.203. The Bertz CT molecular complexity index is 391. The van der Waals surface area contributed by atoms with Gasteiger partial charge in [0.15, 0.2) is 0 Å². The topological polar surface area (TPSA) is 40.5 Å². The zero-order valence-corrected chi connectivity index (χ0v) is 10.8. The number of thioether (sulfide) groups is 1. The summed E-state index contributed by atoms with van der Waals surface area (Å²) in [6.45, 7) is 4.22. The molecule has 88 valence electrons. The number of nitrogens with zero attached hydrogens (tertiary/aromatic N) is 1. The van der Waals surface area contributed by atoms with Gasteiger partial charge in [-0.3, -0.25) is 4.90 Å². The zero-order valence-electron chi connectivity index (χ0n) is 10.0. The van der Waals surface area contributed by atoms with Crippen molar-refractivity contribution in [2.24, 2.45) is 0 Å². The smallest absolute Gasteiger partial charge is 0.411 e. The Morgan fingerprint density at radius 1 is 1.44 bits per heavy atom. The van der Waals surface area contributed by atoms with Gasteiger partial charge >= 0.3 is 6.09 Å². The molecule has 0 radical (unpaired) electrons. The molecule has 0 aromatic heterocycles. The lowest BCUT2D eigenvalue weighted by Crippen LogP contribution is -2.23. The molecule has 0 aliphatic carbocycles. The van der Waals surface area contributed by atoms with Crippen LogP contribution in [-0.4, -0.2) is 24.5 Å². The van der Waals surface area contributed by atoms with Crippen LogP contribution in [0.25, 0.3) is 0 Å². The fraction of sp³-hybridized carbons (Fsp3) is 0.417. The van der Waals surface area contributed by atoms with Crippen LogP contribution in [0.2, 0.25) is 0 Å². The first-order valence-electron chi connectivity index (χ1n) is 5.12. The minimum absolute atomic E-state index is 0.393. The van der Waals surface area contributed by atoms with E-state index in [1.54, 1.807) is 18.8 Å². The molecule has 0 aliphatic heterocycles. The van der Waals surface area contributed by atoms with Gasteiger partial charge in [0.25, 0.3) is 0 Å². The molecule has 1 aromatic rings. The number of carbonyl (C=O) groups is 1. The van der Waals surface area contributed by atoms with E-state index in [4.69, 9.17) is 5.11 Å². The van der Waals surface area contributed by atoms with Crippen molar-refractivity contribution in [2.45, 2.75) is 24.7 Å². The Labute approximate surface area is 100 Å². The second-order valence-electron chi connectivity index (χ2n) is 3.92. The summed E-state index contributed by atoms with van der Waals surface area (Å²) in [6.07, 6.45) is 1.09. The van der Waals surface area contributed by atoms with Gasteiger partial charge in [-0.25, -0.2) is 4.79 Å². The summed E-state index contributed by atoms with van der Waals surface area (Å²) < 4.78 is 0. The van der Waals surface area contributed by atoms with E-state index in [0.29, 0.717) is 11.6 Å². The predicted molar refractivity (Wildman–Crippen MR) is 68.7 cm³/mol. The van der Waals surface area contributed by atoms with E-state index in [1.165, 1.54) is 15.4 Å². The quantitative estimate of drug-likeness (QED) is 0.818. The van der Waals surface area contributed by atoms with Crippen molar-refractivity contribution >= 4 is 23.5 Å². The summed E-state index contributed by atoms with van der Waals surface area (Å²) in [4.78, 5) is 13.3. The van der Waals surface area contributed by atoms with Crippen LogP contribution in [0.15, 0.2) is 23.1 Å². The van der Waals surface area contributed by atoms with E-state index >= 15 is 0 Å². The van der Waals surface area contributed by atoms with Crippen LogP contribution < -0.4 is 4.90 Å². The summed E-state index contributed by atoms with van der Waals surface area (Å²) >= 11 is 1.69. The maximum atomic E-state index is 10.9. The highest BCUT2D eigenvalue weighted by Gasteiger charge is 2.12. The molecule has 0 saturated heterocycles. The highest BCUT2D eigenvalue weighted by molar-refractivity contribution is 7.98. The Balaban J connectivity index is 3.16. The van der Waals surface area contributed by atoms with Crippen LogP contribution in [0, 0.1) is 0 Å². The number of amides is 1. The average molecular weight is 239 g/mol. The molecular weight excluding hydrogens is 222 g/mol. The average Bonchev–Trinajstić information content (AvgIpc) is 2.26. The third kappa shape index (κ3) is 2.70. The minimum atomic E-state index is -0.938. The second-order valence-corrected chi connectivity index (χ2v) is 4.77. The molecule has 1 N–H and O–H groups in total. The number of hydrogen-bond acceptors (Lipinski definition) is 2. The van der Waals surface area contributed by atoms with Crippen LogP contribution in [0.3, 0.4) is 0 Å². The normalized spacial score (nSPS) is 10.6. The molecule has 3 nitrogen and oxygen atoms in total. The lowest BCUT2D eigenvalue weighted by atomic mass is 10.0. The molecule has 16 heavy (non-hydrogen) atoms. The Hall–Kier alpha value is -1.16. The molecule has 1 rings (SSSR count). The van der Waals surface area contributed by atoms with Crippen molar-refractivity contribution in [3.8, 4) is 0 Å². The van der Waals surface area contributed by atoms with Crippen molar-refractivity contribution in [3.05, 3.63) is 23.8 Å². The van der Waals surface area contributed by atoms with Crippen LogP contribution in [0.1, 0.15) is 25.3 Å². The van der Waals surface area contributed by atoms with E-state index in [9.17, 15) is 4.79 Å². The van der Waals surface area contributed by atoms with Gasteiger partial charge < -0.3 is 5.11 Å². The van der Waals surface area contributed by atoms with Gasteiger partial charge in [0.05, 0.1) is 0 Å². The van der Waals surface area contributed by atoms with Crippen molar-refractivity contribution in [3.63, 3.8) is 0 Å². The standard InChI is InChI=1S/C12H17NO2S/c1-8(2)10-7-9(13(3)12(14)15)5-6-11(10)16-4/h5-8H,1-4H3,(H,14,15).